The largest absolute Gasteiger partial charge is 0.472 e. The Kier molecular flexibility index (Phi) is 1.51. The molecule has 1 aliphatic heterocycles. The van der Waals surface area contributed by atoms with E-state index < -0.39 is 0 Å². The van der Waals surface area contributed by atoms with Gasteiger partial charge in [-0.3, -0.25) is 0 Å². The molecule has 2 nitrogen and oxygen atoms in total. The Morgan fingerprint density at radius 1 is 1.75 bits per heavy atom. The van der Waals surface area contributed by atoms with E-state index in [1.54, 1.807) is 0 Å². The summed E-state index contributed by atoms with van der Waals surface area (Å²) < 4.78 is 4.80. The van der Waals surface area contributed by atoms with Crippen LogP contribution in [0.1, 0.15) is 13.8 Å². The van der Waals surface area contributed by atoms with Crippen molar-refractivity contribution in [1.29, 1.82) is 0 Å². The van der Waals surface area contributed by atoms with E-state index in [1.807, 2.05) is 0 Å². The molecule has 45 valence electrons. The van der Waals surface area contributed by atoms with Crippen molar-refractivity contribution >= 4 is 6.40 Å². The van der Waals surface area contributed by atoms with Gasteiger partial charge < -0.3 is 4.74 Å². The van der Waals surface area contributed by atoms with Crippen LogP contribution in [0.15, 0.2) is 4.99 Å². The molecular weight excluding hydrogens is 102 g/mol. The summed E-state index contributed by atoms with van der Waals surface area (Å²) in [5.74, 6) is 0.588. The van der Waals surface area contributed by atoms with Crippen molar-refractivity contribution < 1.29 is 4.74 Å². The second kappa shape index (κ2) is 2.16. The van der Waals surface area contributed by atoms with E-state index >= 15 is 0 Å². The fraction of sp³-hybridized carbons (Fsp3) is 0.833. The van der Waals surface area contributed by atoms with Crippen molar-refractivity contribution in [2.45, 2.75) is 19.9 Å². The van der Waals surface area contributed by atoms with Gasteiger partial charge in [0.1, 0.15) is 6.61 Å². The minimum absolute atomic E-state index is 0.356. The summed E-state index contributed by atoms with van der Waals surface area (Å²) in [6.45, 7) is 4.98. The van der Waals surface area contributed by atoms with E-state index in [1.165, 1.54) is 0 Å². The summed E-state index contributed by atoms with van der Waals surface area (Å²) in [6.07, 6.45) is 2.48. The van der Waals surface area contributed by atoms with E-state index in [9.17, 15) is 0 Å². The summed E-state index contributed by atoms with van der Waals surface area (Å²) in [7, 11) is 0. The Labute approximate surface area is 49.6 Å². The van der Waals surface area contributed by atoms with Crippen LogP contribution in [0.2, 0.25) is 0 Å². The van der Waals surface area contributed by atoms with Gasteiger partial charge in [-0.15, -0.1) is 0 Å². The van der Waals surface area contributed by atoms with Crippen LogP contribution in [-0.4, -0.2) is 19.0 Å². The lowest BCUT2D eigenvalue weighted by Gasteiger charge is -2.06. The van der Waals surface area contributed by atoms with Gasteiger partial charge in [0.05, 0.1) is 6.04 Å². The summed E-state index contributed by atoms with van der Waals surface area (Å²) in [5, 5.41) is 0. The fourth-order valence-corrected chi connectivity index (χ4v) is 0.606. The highest BCUT2D eigenvalue weighted by Gasteiger charge is 2.15. The standard InChI is InChI=1S/C6H10NO/c1-5(2)6-3-8-4-7-6/h5-6H,3H2,1-2H3/t6-/m0/s1. The van der Waals surface area contributed by atoms with Gasteiger partial charge in [-0.1, -0.05) is 13.8 Å². The monoisotopic (exact) mass is 112 g/mol. The van der Waals surface area contributed by atoms with E-state index in [0.29, 0.717) is 12.0 Å². The topological polar surface area (TPSA) is 21.6 Å². The summed E-state index contributed by atoms with van der Waals surface area (Å²) in [6, 6.07) is 0.356. The summed E-state index contributed by atoms with van der Waals surface area (Å²) in [4.78, 5) is 3.96. The molecule has 1 radical (unpaired) electrons. The number of rotatable bonds is 1. The molecule has 1 atom stereocenters. The quantitative estimate of drug-likeness (QED) is 0.495. The zero-order valence-corrected chi connectivity index (χ0v) is 5.22. The smallest absolute Gasteiger partial charge is 0.273 e. The van der Waals surface area contributed by atoms with Gasteiger partial charge in [0.25, 0.3) is 6.40 Å². The molecule has 0 amide bonds. The first-order valence-corrected chi connectivity index (χ1v) is 2.87. The highest BCUT2D eigenvalue weighted by molar-refractivity contribution is 5.48. The Bertz CT molecular complexity index is 98.7. The molecule has 0 N–H and O–H groups in total. The van der Waals surface area contributed by atoms with E-state index in [-0.39, 0.29) is 0 Å². The van der Waals surface area contributed by atoms with Crippen molar-refractivity contribution in [2.75, 3.05) is 6.61 Å². The number of aliphatic imine (C=N–C) groups is 1. The lowest BCUT2D eigenvalue weighted by molar-refractivity contribution is 0.299. The minimum atomic E-state index is 0.356. The molecule has 0 bridgehead atoms. The molecule has 0 aromatic rings. The van der Waals surface area contributed by atoms with Gasteiger partial charge in [0, 0.05) is 0 Å². The maximum atomic E-state index is 4.80. The van der Waals surface area contributed by atoms with Gasteiger partial charge in [0.15, 0.2) is 0 Å². The van der Waals surface area contributed by atoms with Crippen LogP contribution in [0.5, 0.6) is 0 Å². The van der Waals surface area contributed by atoms with Gasteiger partial charge in [-0.25, -0.2) is 4.99 Å². The molecule has 1 aliphatic rings. The fourth-order valence-electron chi connectivity index (χ4n) is 0.606. The normalized spacial score (nSPS) is 26.6. The predicted molar refractivity (Wildman–Crippen MR) is 32.0 cm³/mol. The third-order valence-electron chi connectivity index (χ3n) is 1.31. The van der Waals surface area contributed by atoms with Gasteiger partial charge in [0.2, 0.25) is 0 Å². The van der Waals surface area contributed by atoms with Crippen molar-refractivity contribution in [1.82, 2.24) is 0 Å². The first kappa shape index (κ1) is 5.60. The van der Waals surface area contributed by atoms with Crippen molar-refractivity contribution in [3.8, 4) is 0 Å². The molecule has 1 heterocycles. The number of nitrogens with zero attached hydrogens (tertiary/aromatic N) is 1. The molecule has 1 rings (SSSR count). The number of hydrogen-bond donors (Lipinski definition) is 0. The molecule has 2 heteroatoms. The van der Waals surface area contributed by atoms with Gasteiger partial charge >= 0.3 is 0 Å². The second-order valence-electron chi connectivity index (χ2n) is 2.34. The Hall–Kier alpha value is -0.530. The van der Waals surface area contributed by atoms with Crippen molar-refractivity contribution in [3.05, 3.63) is 0 Å². The van der Waals surface area contributed by atoms with Crippen LogP contribution in [0, 0.1) is 5.92 Å². The summed E-state index contributed by atoms with van der Waals surface area (Å²) >= 11 is 0. The average Bonchev–Trinajstić information content (AvgIpc) is 2.12. The van der Waals surface area contributed by atoms with Crippen molar-refractivity contribution in [3.63, 3.8) is 0 Å². The van der Waals surface area contributed by atoms with Crippen LogP contribution >= 0.6 is 0 Å². The molecule has 0 saturated heterocycles. The molecule has 0 aliphatic carbocycles. The molecular formula is C6H10NO. The molecule has 0 fully saturated rings. The van der Waals surface area contributed by atoms with Crippen LogP contribution < -0.4 is 0 Å². The van der Waals surface area contributed by atoms with E-state index in [2.05, 4.69) is 25.2 Å². The highest BCUT2D eigenvalue weighted by Crippen LogP contribution is 2.09. The lowest BCUT2D eigenvalue weighted by Crippen LogP contribution is -2.13. The first-order valence-electron chi connectivity index (χ1n) is 2.87. The Balaban J connectivity index is 2.36. The highest BCUT2D eigenvalue weighted by atomic mass is 16.5. The number of hydrogen-bond acceptors (Lipinski definition) is 2. The van der Waals surface area contributed by atoms with Crippen LogP contribution in [0.4, 0.5) is 0 Å². The Morgan fingerprint density at radius 2 is 2.50 bits per heavy atom. The van der Waals surface area contributed by atoms with E-state index in [0.717, 1.165) is 6.61 Å². The molecule has 0 unspecified atom stereocenters. The zero-order valence-electron chi connectivity index (χ0n) is 5.22. The Morgan fingerprint density at radius 3 is 2.75 bits per heavy atom. The van der Waals surface area contributed by atoms with E-state index in [4.69, 9.17) is 4.74 Å². The molecule has 0 aromatic heterocycles. The average molecular weight is 112 g/mol. The SMILES string of the molecule is CC(C)[C@@H]1CO[C]=N1. The first-order chi connectivity index (χ1) is 3.80. The second-order valence-corrected chi connectivity index (χ2v) is 2.34. The van der Waals surface area contributed by atoms with Gasteiger partial charge in [-0.05, 0) is 5.92 Å². The van der Waals surface area contributed by atoms with Crippen LogP contribution in [-0.2, 0) is 4.74 Å². The maximum Gasteiger partial charge on any atom is 0.273 e. The van der Waals surface area contributed by atoms with Crippen molar-refractivity contribution in [2.24, 2.45) is 10.9 Å². The zero-order chi connectivity index (χ0) is 5.98. The maximum absolute atomic E-state index is 4.80. The van der Waals surface area contributed by atoms with Gasteiger partial charge in [-0.2, -0.15) is 0 Å². The third kappa shape index (κ3) is 0.997. The molecule has 0 spiro atoms. The predicted octanol–water partition coefficient (Wildman–Crippen LogP) is 0.947. The van der Waals surface area contributed by atoms with Crippen LogP contribution in [0.25, 0.3) is 0 Å². The van der Waals surface area contributed by atoms with Crippen LogP contribution in [0.3, 0.4) is 0 Å². The molecule has 0 saturated carbocycles. The lowest BCUT2D eigenvalue weighted by atomic mass is 10.1. The molecule has 8 heavy (non-hydrogen) atoms. The third-order valence-corrected chi connectivity index (χ3v) is 1.31. The molecule has 0 aromatic carbocycles. The minimum Gasteiger partial charge on any atom is -0.472 e. The number of ether oxygens (including phenoxy) is 1. The summed E-state index contributed by atoms with van der Waals surface area (Å²) in [5.41, 5.74) is 0.